The van der Waals surface area contributed by atoms with Crippen molar-refractivity contribution in [1.82, 2.24) is 4.90 Å². The number of anilines is 2. The van der Waals surface area contributed by atoms with Crippen molar-refractivity contribution in [3.05, 3.63) is 78.4 Å². The highest BCUT2D eigenvalue weighted by molar-refractivity contribution is 8.00. The Bertz CT molecular complexity index is 1160. The van der Waals surface area contributed by atoms with Crippen LogP contribution in [0.25, 0.3) is 0 Å². The van der Waals surface area contributed by atoms with E-state index in [0.29, 0.717) is 35.8 Å². The van der Waals surface area contributed by atoms with Gasteiger partial charge in [0.2, 0.25) is 5.91 Å². The zero-order valence-electron chi connectivity index (χ0n) is 19.9. The van der Waals surface area contributed by atoms with Crippen LogP contribution in [-0.4, -0.2) is 62.9 Å². The standard InChI is InChI=1S/C27H29N3O4S/c1-33-23-13-12-20(18-24(23)34-2)28-26(31)19-35-25-11-7-6-10-22(25)27(32)30-16-14-29(15-17-30)21-8-4-3-5-9-21/h3-13,18H,14-17,19H2,1-2H3,(H,28,31). The number of benzene rings is 3. The van der Waals surface area contributed by atoms with Gasteiger partial charge in [0.05, 0.1) is 25.5 Å². The normalized spacial score (nSPS) is 13.3. The van der Waals surface area contributed by atoms with E-state index in [-0.39, 0.29) is 17.6 Å². The highest BCUT2D eigenvalue weighted by atomic mass is 32.2. The summed E-state index contributed by atoms with van der Waals surface area (Å²) in [5, 5.41) is 2.87. The van der Waals surface area contributed by atoms with Crippen LogP contribution in [0.1, 0.15) is 10.4 Å². The molecule has 0 spiro atoms. The van der Waals surface area contributed by atoms with Crippen molar-refractivity contribution in [3.63, 3.8) is 0 Å². The Morgan fingerprint density at radius 3 is 2.26 bits per heavy atom. The molecule has 0 atom stereocenters. The van der Waals surface area contributed by atoms with E-state index in [4.69, 9.17) is 9.47 Å². The van der Waals surface area contributed by atoms with Crippen molar-refractivity contribution in [2.24, 2.45) is 0 Å². The molecule has 8 heteroatoms. The molecular formula is C27H29N3O4S. The van der Waals surface area contributed by atoms with Gasteiger partial charge in [-0.3, -0.25) is 9.59 Å². The van der Waals surface area contributed by atoms with Gasteiger partial charge in [-0.15, -0.1) is 11.8 Å². The smallest absolute Gasteiger partial charge is 0.255 e. The number of hydrogen-bond acceptors (Lipinski definition) is 6. The fourth-order valence-corrected chi connectivity index (χ4v) is 4.84. The van der Waals surface area contributed by atoms with Crippen LogP contribution in [0, 0.1) is 0 Å². The van der Waals surface area contributed by atoms with E-state index in [1.54, 1.807) is 32.4 Å². The number of hydrogen-bond donors (Lipinski definition) is 1. The van der Waals surface area contributed by atoms with Gasteiger partial charge in [0, 0.05) is 48.5 Å². The molecule has 182 valence electrons. The Balaban J connectivity index is 1.35. The average molecular weight is 492 g/mol. The van der Waals surface area contributed by atoms with Gasteiger partial charge in [-0.25, -0.2) is 0 Å². The number of methoxy groups -OCH3 is 2. The van der Waals surface area contributed by atoms with Gasteiger partial charge in [0.15, 0.2) is 11.5 Å². The summed E-state index contributed by atoms with van der Waals surface area (Å²) >= 11 is 1.36. The molecule has 3 aromatic rings. The molecule has 4 rings (SSSR count). The van der Waals surface area contributed by atoms with Crippen molar-refractivity contribution in [2.45, 2.75) is 4.90 Å². The van der Waals surface area contributed by atoms with Gasteiger partial charge in [-0.05, 0) is 36.4 Å². The predicted molar refractivity (Wildman–Crippen MR) is 140 cm³/mol. The third-order valence-electron chi connectivity index (χ3n) is 5.83. The first kappa shape index (κ1) is 24.5. The Labute approximate surface area is 210 Å². The van der Waals surface area contributed by atoms with E-state index in [1.807, 2.05) is 47.4 Å². The number of nitrogens with one attached hydrogen (secondary N) is 1. The van der Waals surface area contributed by atoms with Crippen molar-refractivity contribution >= 4 is 35.0 Å². The molecular weight excluding hydrogens is 462 g/mol. The molecule has 1 fully saturated rings. The highest BCUT2D eigenvalue weighted by Crippen LogP contribution is 2.30. The van der Waals surface area contributed by atoms with Gasteiger partial charge < -0.3 is 24.6 Å². The van der Waals surface area contributed by atoms with E-state index in [1.165, 1.54) is 17.4 Å². The summed E-state index contributed by atoms with van der Waals surface area (Å²) in [7, 11) is 3.11. The lowest BCUT2D eigenvalue weighted by Gasteiger charge is -2.36. The lowest BCUT2D eigenvalue weighted by atomic mass is 10.1. The monoisotopic (exact) mass is 491 g/mol. The van der Waals surface area contributed by atoms with Crippen molar-refractivity contribution in [1.29, 1.82) is 0 Å². The summed E-state index contributed by atoms with van der Waals surface area (Å²) < 4.78 is 10.5. The number of thioether (sulfide) groups is 1. The maximum atomic E-state index is 13.3. The lowest BCUT2D eigenvalue weighted by molar-refractivity contribution is -0.113. The number of carbonyl (C=O) groups is 2. The first-order chi connectivity index (χ1) is 17.1. The number of amides is 2. The van der Waals surface area contributed by atoms with E-state index in [9.17, 15) is 9.59 Å². The largest absolute Gasteiger partial charge is 0.493 e. The fraction of sp³-hybridized carbons (Fsp3) is 0.259. The molecule has 1 N–H and O–H groups in total. The maximum absolute atomic E-state index is 13.3. The molecule has 0 aromatic heterocycles. The summed E-state index contributed by atoms with van der Waals surface area (Å²) in [6, 6.07) is 22.9. The van der Waals surface area contributed by atoms with Crippen LogP contribution >= 0.6 is 11.8 Å². The molecule has 0 aliphatic carbocycles. The first-order valence-corrected chi connectivity index (χ1v) is 12.4. The van der Waals surface area contributed by atoms with Gasteiger partial charge in [0.1, 0.15) is 0 Å². The Hall–Kier alpha value is -3.65. The average Bonchev–Trinajstić information content (AvgIpc) is 2.92. The summed E-state index contributed by atoms with van der Waals surface area (Å²) in [5.74, 6) is 1.15. The molecule has 1 aliphatic heterocycles. The minimum absolute atomic E-state index is 0.00103. The molecule has 0 saturated carbocycles. The minimum atomic E-state index is -0.166. The van der Waals surface area contributed by atoms with Crippen LogP contribution < -0.4 is 19.7 Å². The first-order valence-electron chi connectivity index (χ1n) is 11.4. The molecule has 3 aromatic carbocycles. The van der Waals surface area contributed by atoms with E-state index >= 15 is 0 Å². The molecule has 2 amide bonds. The summed E-state index contributed by atoms with van der Waals surface area (Å²) in [4.78, 5) is 30.9. The third-order valence-corrected chi connectivity index (χ3v) is 6.91. The number of rotatable bonds is 8. The zero-order valence-corrected chi connectivity index (χ0v) is 20.7. The number of para-hydroxylation sites is 1. The summed E-state index contributed by atoms with van der Waals surface area (Å²) in [6.07, 6.45) is 0. The van der Waals surface area contributed by atoms with Crippen molar-refractivity contribution < 1.29 is 19.1 Å². The SMILES string of the molecule is COc1ccc(NC(=O)CSc2ccccc2C(=O)N2CCN(c3ccccc3)CC2)cc1OC. The molecule has 1 heterocycles. The van der Waals surface area contributed by atoms with Gasteiger partial charge in [-0.2, -0.15) is 0 Å². The molecule has 35 heavy (non-hydrogen) atoms. The van der Waals surface area contributed by atoms with Crippen LogP contribution in [0.4, 0.5) is 11.4 Å². The minimum Gasteiger partial charge on any atom is -0.493 e. The van der Waals surface area contributed by atoms with Crippen molar-refractivity contribution in [2.75, 3.05) is 56.4 Å². The third kappa shape index (κ3) is 6.08. The van der Waals surface area contributed by atoms with Gasteiger partial charge in [0.25, 0.3) is 5.91 Å². The second kappa shape index (κ2) is 11.7. The van der Waals surface area contributed by atoms with Gasteiger partial charge >= 0.3 is 0 Å². The second-order valence-electron chi connectivity index (χ2n) is 8.02. The van der Waals surface area contributed by atoms with Crippen LogP contribution in [0.3, 0.4) is 0 Å². The molecule has 0 bridgehead atoms. The topological polar surface area (TPSA) is 71.1 Å². The van der Waals surface area contributed by atoms with Gasteiger partial charge in [-0.1, -0.05) is 30.3 Å². The van der Waals surface area contributed by atoms with Crippen LogP contribution in [0.5, 0.6) is 11.5 Å². The van der Waals surface area contributed by atoms with Crippen LogP contribution in [0.15, 0.2) is 77.7 Å². The van der Waals surface area contributed by atoms with Crippen LogP contribution in [-0.2, 0) is 4.79 Å². The van der Waals surface area contributed by atoms with E-state index < -0.39 is 0 Å². The Morgan fingerprint density at radius 2 is 1.54 bits per heavy atom. The summed E-state index contributed by atoms with van der Waals surface area (Å²) in [5.41, 5.74) is 2.43. The number of carbonyl (C=O) groups excluding carboxylic acids is 2. The maximum Gasteiger partial charge on any atom is 0.255 e. The molecule has 7 nitrogen and oxygen atoms in total. The number of nitrogens with zero attached hydrogens (tertiary/aromatic N) is 2. The van der Waals surface area contributed by atoms with Crippen molar-refractivity contribution in [3.8, 4) is 11.5 Å². The quantitative estimate of drug-likeness (QED) is 0.471. The zero-order chi connectivity index (χ0) is 24.6. The molecule has 1 saturated heterocycles. The lowest BCUT2D eigenvalue weighted by Crippen LogP contribution is -2.48. The van der Waals surface area contributed by atoms with E-state index in [0.717, 1.165) is 18.0 Å². The number of piperazine rings is 1. The molecule has 0 radical (unpaired) electrons. The summed E-state index contributed by atoms with van der Waals surface area (Å²) in [6.45, 7) is 2.90. The number of ether oxygens (including phenoxy) is 2. The van der Waals surface area contributed by atoms with E-state index in [2.05, 4.69) is 22.3 Å². The Kier molecular flexibility index (Phi) is 8.15. The fourth-order valence-electron chi connectivity index (χ4n) is 4.00. The molecule has 0 unspecified atom stereocenters. The van der Waals surface area contributed by atoms with Crippen LogP contribution in [0.2, 0.25) is 0 Å². The predicted octanol–water partition coefficient (Wildman–Crippen LogP) is 4.40. The Morgan fingerprint density at radius 1 is 0.857 bits per heavy atom. The second-order valence-corrected chi connectivity index (χ2v) is 9.03. The molecule has 1 aliphatic rings. The highest BCUT2D eigenvalue weighted by Gasteiger charge is 2.24.